The van der Waals surface area contributed by atoms with E-state index in [2.05, 4.69) is 10.2 Å². The second kappa shape index (κ2) is 6.36. The van der Waals surface area contributed by atoms with E-state index < -0.39 is 11.9 Å². The fraction of sp³-hybridized carbons (Fsp3) is 0.438. The molecule has 1 fully saturated rings. The summed E-state index contributed by atoms with van der Waals surface area (Å²) in [5.41, 5.74) is 0. The van der Waals surface area contributed by atoms with E-state index >= 15 is 0 Å². The molecule has 0 bridgehead atoms. The van der Waals surface area contributed by atoms with E-state index in [4.69, 9.17) is 11.6 Å². The van der Waals surface area contributed by atoms with Crippen molar-refractivity contribution in [1.82, 2.24) is 10.2 Å². The first kappa shape index (κ1) is 16.6. The lowest BCUT2D eigenvalue weighted by Gasteiger charge is -2.19. The molecule has 0 saturated carbocycles. The number of β-amino-alcohol motifs (C(OH)–C–C–N with tert-alkyl or cyclic N) is 1. The first-order chi connectivity index (χ1) is 10.9. The molecule has 7 heteroatoms. The molecule has 0 radical (unpaired) electrons. The molecule has 1 aliphatic heterocycles. The van der Waals surface area contributed by atoms with Gasteiger partial charge in [0.25, 0.3) is 5.91 Å². The molecule has 1 saturated heterocycles. The molecule has 3 rings (SSSR count). The lowest BCUT2D eigenvalue weighted by molar-refractivity contribution is 0.0892. The highest BCUT2D eigenvalue weighted by Gasteiger charge is 2.34. The summed E-state index contributed by atoms with van der Waals surface area (Å²) in [6.07, 6.45) is -0.619. The number of thiophene rings is 1. The number of nitrogens with zero attached hydrogens (tertiary/aromatic N) is 1. The van der Waals surface area contributed by atoms with E-state index in [1.54, 1.807) is 12.1 Å². The van der Waals surface area contributed by atoms with Gasteiger partial charge in [-0.15, -0.1) is 11.3 Å². The number of carbonyl (C=O) groups is 1. The minimum Gasteiger partial charge on any atom is -0.390 e. The van der Waals surface area contributed by atoms with Crippen molar-refractivity contribution in [2.45, 2.75) is 32.0 Å². The van der Waals surface area contributed by atoms with Crippen LogP contribution in [0.25, 0.3) is 10.1 Å². The predicted octanol–water partition coefficient (Wildman–Crippen LogP) is 2.88. The van der Waals surface area contributed by atoms with E-state index in [1.807, 2.05) is 13.8 Å². The van der Waals surface area contributed by atoms with E-state index in [1.165, 1.54) is 6.07 Å². The largest absolute Gasteiger partial charge is 0.390 e. The van der Waals surface area contributed by atoms with Crippen LogP contribution in [0, 0.1) is 5.82 Å². The van der Waals surface area contributed by atoms with Gasteiger partial charge in [-0.25, -0.2) is 4.39 Å². The van der Waals surface area contributed by atoms with Gasteiger partial charge in [0, 0.05) is 29.2 Å². The number of hydrogen-bond donors (Lipinski definition) is 2. The standard InChI is InChI=1S/C16H18ClFN2O2S/c1-8(2)20-6-10(11(21)7-20)19-16(22)15-14(17)13-9(18)4-3-5-12(13)23-15/h3-5,8,10-11,21H,6-7H2,1-2H3,(H,19,22)/t10-,11-/m0/s1. The zero-order valence-corrected chi connectivity index (χ0v) is 14.4. The maximum Gasteiger partial charge on any atom is 0.263 e. The molecular formula is C16H18ClFN2O2S. The van der Waals surface area contributed by atoms with Crippen LogP contribution >= 0.6 is 22.9 Å². The Balaban J connectivity index is 1.82. The summed E-state index contributed by atoms with van der Waals surface area (Å²) in [6, 6.07) is 4.60. The zero-order valence-electron chi connectivity index (χ0n) is 12.8. The third kappa shape index (κ3) is 3.08. The summed E-state index contributed by atoms with van der Waals surface area (Å²) in [6.45, 7) is 5.20. The Morgan fingerprint density at radius 2 is 2.22 bits per heavy atom. The highest BCUT2D eigenvalue weighted by Crippen LogP contribution is 2.36. The number of amides is 1. The Labute approximate surface area is 142 Å². The second-order valence-corrected chi connectivity index (χ2v) is 7.48. The molecule has 1 amide bonds. The molecule has 2 N–H and O–H groups in total. The Hall–Kier alpha value is -1.21. The summed E-state index contributed by atoms with van der Waals surface area (Å²) < 4.78 is 14.5. The van der Waals surface area contributed by atoms with Crippen molar-refractivity contribution >= 4 is 38.9 Å². The van der Waals surface area contributed by atoms with Crippen molar-refractivity contribution in [1.29, 1.82) is 0 Å². The van der Waals surface area contributed by atoms with Crippen molar-refractivity contribution in [3.63, 3.8) is 0 Å². The van der Waals surface area contributed by atoms with Crippen molar-refractivity contribution < 1.29 is 14.3 Å². The van der Waals surface area contributed by atoms with Gasteiger partial charge in [0.05, 0.1) is 17.2 Å². The minimum atomic E-state index is -0.619. The molecule has 1 aromatic heterocycles. The number of aliphatic hydroxyl groups is 1. The van der Waals surface area contributed by atoms with E-state index in [0.29, 0.717) is 23.8 Å². The highest BCUT2D eigenvalue weighted by molar-refractivity contribution is 7.21. The van der Waals surface area contributed by atoms with Crippen LogP contribution in [-0.2, 0) is 0 Å². The first-order valence-corrected chi connectivity index (χ1v) is 8.67. The van der Waals surface area contributed by atoms with Gasteiger partial charge in [-0.05, 0) is 26.0 Å². The summed E-state index contributed by atoms with van der Waals surface area (Å²) in [5, 5.41) is 13.3. The van der Waals surface area contributed by atoms with Crippen LogP contribution in [0.2, 0.25) is 5.02 Å². The number of likely N-dealkylation sites (tertiary alicyclic amines) is 1. The van der Waals surface area contributed by atoms with Crippen LogP contribution < -0.4 is 5.32 Å². The molecular weight excluding hydrogens is 339 g/mol. The lowest BCUT2D eigenvalue weighted by atomic mass is 10.2. The van der Waals surface area contributed by atoms with Gasteiger partial charge < -0.3 is 10.4 Å². The van der Waals surface area contributed by atoms with Crippen LogP contribution in [0.1, 0.15) is 23.5 Å². The third-order valence-corrected chi connectivity index (χ3v) is 5.82. The Kier molecular flexibility index (Phi) is 4.60. The number of carbonyl (C=O) groups excluding carboxylic acids is 1. The number of benzene rings is 1. The summed E-state index contributed by atoms with van der Waals surface area (Å²) in [4.78, 5) is 14.9. The molecule has 2 heterocycles. The molecule has 23 heavy (non-hydrogen) atoms. The van der Waals surface area contributed by atoms with Gasteiger partial charge in [0.15, 0.2) is 0 Å². The van der Waals surface area contributed by atoms with Gasteiger partial charge in [-0.3, -0.25) is 9.69 Å². The van der Waals surface area contributed by atoms with Gasteiger partial charge in [-0.1, -0.05) is 17.7 Å². The SMILES string of the molecule is CC(C)N1C[C@H](NC(=O)c2sc3cccc(F)c3c2Cl)[C@@H](O)C1. The predicted molar refractivity (Wildman–Crippen MR) is 90.8 cm³/mol. The maximum absolute atomic E-state index is 13.9. The Morgan fingerprint density at radius 3 is 2.83 bits per heavy atom. The van der Waals surface area contributed by atoms with Crippen LogP contribution in [0.4, 0.5) is 4.39 Å². The van der Waals surface area contributed by atoms with Crippen LogP contribution in [0.15, 0.2) is 18.2 Å². The average Bonchev–Trinajstić information content (AvgIpc) is 3.01. The zero-order chi connectivity index (χ0) is 16.7. The minimum absolute atomic E-state index is 0.133. The number of rotatable bonds is 3. The Morgan fingerprint density at radius 1 is 1.48 bits per heavy atom. The molecule has 1 aromatic carbocycles. The molecule has 1 aliphatic rings. The summed E-state index contributed by atoms with van der Waals surface area (Å²) in [7, 11) is 0. The monoisotopic (exact) mass is 356 g/mol. The van der Waals surface area contributed by atoms with Crippen LogP contribution in [0.3, 0.4) is 0 Å². The number of nitrogens with one attached hydrogen (secondary N) is 1. The van der Waals surface area contributed by atoms with Crippen molar-refractivity contribution in [3.05, 3.63) is 33.9 Å². The molecule has 4 nitrogen and oxygen atoms in total. The quantitative estimate of drug-likeness (QED) is 0.889. The lowest BCUT2D eigenvalue weighted by Crippen LogP contribution is -2.42. The molecule has 2 aromatic rings. The second-order valence-electron chi connectivity index (χ2n) is 6.05. The number of hydrogen-bond acceptors (Lipinski definition) is 4. The van der Waals surface area contributed by atoms with E-state index in [-0.39, 0.29) is 27.2 Å². The highest BCUT2D eigenvalue weighted by atomic mass is 35.5. The summed E-state index contributed by atoms with van der Waals surface area (Å²) in [5.74, 6) is -0.806. The number of aliphatic hydroxyl groups excluding tert-OH is 1. The van der Waals surface area contributed by atoms with Gasteiger partial charge in [0.2, 0.25) is 0 Å². The Bertz CT molecular complexity index is 749. The maximum atomic E-state index is 13.9. The normalized spacial score (nSPS) is 22.2. The topological polar surface area (TPSA) is 52.6 Å². The van der Waals surface area contributed by atoms with Crippen molar-refractivity contribution in [2.24, 2.45) is 0 Å². The smallest absolute Gasteiger partial charge is 0.263 e. The van der Waals surface area contributed by atoms with Crippen LogP contribution in [-0.4, -0.2) is 47.2 Å². The molecule has 2 atom stereocenters. The third-order valence-electron chi connectivity index (χ3n) is 4.18. The molecule has 0 spiro atoms. The first-order valence-electron chi connectivity index (χ1n) is 7.48. The average molecular weight is 357 g/mol. The van der Waals surface area contributed by atoms with Crippen molar-refractivity contribution in [2.75, 3.05) is 13.1 Å². The fourth-order valence-electron chi connectivity index (χ4n) is 2.83. The van der Waals surface area contributed by atoms with E-state index in [0.717, 1.165) is 11.3 Å². The van der Waals surface area contributed by atoms with E-state index in [9.17, 15) is 14.3 Å². The van der Waals surface area contributed by atoms with Gasteiger partial charge in [-0.2, -0.15) is 0 Å². The molecule has 0 aliphatic carbocycles. The molecule has 0 unspecified atom stereocenters. The van der Waals surface area contributed by atoms with Crippen LogP contribution in [0.5, 0.6) is 0 Å². The van der Waals surface area contributed by atoms with Crippen molar-refractivity contribution in [3.8, 4) is 0 Å². The number of fused-ring (bicyclic) bond motifs is 1. The summed E-state index contributed by atoms with van der Waals surface area (Å²) >= 11 is 7.35. The van der Waals surface area contributed by atoms with Gasteiger partial charge >= 0.3 is 0 Å². The fourth-order valence-corrected chi connectivity index (χ4v) is 4.29. The van der Waals surface area contributed by atoms with Gasteiger partial charge in [0.1, 0.15) is 10.7 Å². The number of halogens is 2. The molecule has 124 valence electrons.